The van der Waals surface area contributed by atoms with Crippen LogP contribution < -0.4 is 5.32 Å². The second kappa shape index (κ2) is 7.80. The maximum absolute atomic E-state index is 4.61. The molecule has 1 aromatic carbocycles. The van der Waals surface area contributed by atoms with Gasteiger partial charge in [0.15, 0.2) is 0 Å². The van der Waals surface area contributed by atoms with E-state index in [1.54, 1.807) is 10.8 Å². The maximum atomic E-state index is 4.61. The summed E-state index contributed by atoms with van der Waals surface area (Å²) >= 11 is 0. The number of likely N-dealkylation sites (N-methyl/N-ethyl adjacent to an activating group) is 1. The van der Waals surface area contributed by atoms with E-state index in [1.807, 2.05) is 24.3 Å². The summed E-state index contributed by atoms with van der Waals surface area (Å²) in [5, 5.41) is 7.81. The van der Waals surface area contributed by atoms with Crippen molar-refractivity contribution in [2.75, 3.05) is 51.6 Å². The Hall–Kier alpha value is -2.51. The molecule has 4 rings (SSSR count). The minimum absolute atomic E-state index is 0.618. The molecule has 0 amide bonds. The van der Waals surface area contributed by atoms with E-state index in [2.05, 4.69) is 49.4 Å². The Morgan fingerprint density at radius 3 is 2.69 bits per heavy atom. The van der Waals surface area contributed by atoms with E-state index in [0.717, 1.165) is 62.8 Å². The van der Waals surface area contributed by atoms with Gasteiger partial charge in [0.1, 0.15) is 12.1 Å². The van der Waals surface area contributed by atoms with Gasteiger partial charge in [0.05, 0.1) is 5.69 Å². The Morgan fingerprint density at radius 1 is 1.08 bits per heavy atom. The molecule has 26 heavy (non-hydrogen) atoms. The second-order valence-corrected chi connectivity index (χ2v) is 6.79. The Labute approximate surface area is 153 Å². The summed E-state index contributed by atoms with van der Waals surface area (Å²) in [4.78, 5) is 13.8. The lowest BCUT2D eigenvalue weighted by atomic mass is 10.1. The van der Waals surface area contributed by atoms with Crippen molar-refractivity contribution >= 4 is 11.6 Å². The first-order valence-electron chi connectivity index (χ1n) is 9.20. The maximum Gasteiger partial charge on any atom is 0.254 e. The fourth-order valence-electron chi connectivity index (χ4n) is 3.29. The van der Waals surface area contributed by atoms with Crippen LogP contribution in [-0.4, -0.2) is 75.7 Å². The standard InChI is InChI=1S/C19H25N7/c1-24-10-12-25(13-11-24)9-5-8-20-18-14-17(16-6-3-2-4-7-16)23-19-21-15-22-26(18)19/h2-4,6-7,14-15,20H,5,8-13H2,1H3. The highest BCUT2D eigenvalue weighted by atomic mass is 15.4. The van der Waals surface area contributed by atoms with Crippen LogP contribution >= 0.6 is 0 Å². The summed E-state index contributed by atoms with van der Waals surface area (Å²) in [6, 6.07) is 12.2. The number of hydrogen-bond donors (Lipinski definition) is 1. The summed E-state index contributed by atoms with van der Waals surface area (Å²) in [5.74, 6) is 1.55. The molecule has 1 N–H and O–H groups in total. The smallest absolute Gasteiger partial charge is 0.254 e. The summed E-state index contributed by atoms with van der Waals surface area (Å²) < 4.78 is 1.77. The fraction of sp³-hybridized carbons (Fsp3) is 0.421. The Morgan fingerprint density at radius 2 is 1.88 bits per heavy atom. The molecule has 3 aromatic rings. The third-order valence-corrected chi connectivity index (χ3v) is 4.87. The largest absolute Gasteiger partial charge is 0.370 e. The minimum Gasteiger partial charge on any atom is -0.370 e. The van der Waals surface area contributed by atoms with Gasteiger partial charge in [-0.3, -0.25) is 0 Å². The molecule has 0 saturated carbocycles. The quantitative estimate of drug-likeness (QED) is 0.684. The number of anilines is 1. The van der Waals surface area contributed by atoms with Crippen LogP contribution in [-0.2, 0) is 0 Å². The zero-order valence-corrected chi connectivity index (χ0v) is 15.2. The van der Waals surface area contributed by atoms with Gasteiger partial charge in [0.25, 0.3) is 5.78 Å². The van der Waals surface area contributed by atoms with E-state index in [9.17, 15) is 0 Å². The number of fused-ring (bicyclic) bond motifs is 1. The van der Waals surface area contributed by atoms with Crippen LogP contribution in [0.5, 0.6) is 0 Å². The molecule has 1 aliphatic rings. The van der Waals surface area contributed by atoms with Crippen LogP contribution in [0, 0.1) is 0 Å². The molecular formula is C19H25N7. The van der Waals surface area contributed by atoms with Crippen molar-refractivity contribution < 1.29 is 0 Å². The average Bonchev–Trinajstić information content (AvgIpc) is 3.16. The van der Waals surface area contributed by atoms with Gasteiger partial charge in [-0.25, -0.2) is 4.98 Å². The van der Waals surface area contributed by atoms with E-state index in [-0.39, 0.29) is 0 Å². The number of aromatic nitrogens is 4. The van der Waals surface area contributed by atoms with Crippen molar-refractivity contribution in [3.05, 3.63) is 42.7 Å². The summed E-state index contributed by atoms with van der Waals surface area (Å²) in [5.41, 5.74) is 1.99. The van der Waals surface area contributed by atoms with Gasteiger partial charge in [-0.05, 0) is 20.0 Å². The molecule has 2 aromatic heterocycles. The SMILES string of the molecule is CN1CCN(CCCNc2cc(-c3ccccc3)nc3ncnn23)CC1. The summed E-state index contributed by atoms with van der Waals surface area (Å²) in [6.07, 6.45) is 2.65. The topological polar surface area (TPSA) is 61.6 Å². The van der Waals surface area contributed by atoms with Crippen LogP contribution in [0.1, 0.15) is 6.42 Å². The van der Waals surface area contributed by atoms with Crippen LogP contribution in [0.25, 0.3) is 17.0 Å². The second-order valence-electron chi connectivity index (χ2n) is 6.79. The molecule has 1 fully saturated rings. The Balaban J connectivity index is 1.42. The predicted octanol–water partition coefficient (Wildman–Crippen LogP) is 1.84. The van der Waals surface area contributed by atoms with Gasteiger partial charge in [-0.2, -0.15) is 14.6 Å². The highest BCUT2D eigenvalue weighted by Crippen LogP contribution is 2.21. The van der Waals surface area contributed by atoms with Crippen molar-refractivity contribution in [2.45, 2.75) is 6.42 Å². The fourth-order valence-corrected chi connectivity index (χ4v) is 3.29. The highest BCUT2D eigenvalue weighted by molar-refractivity contribution is 5.65. The van der Waals surface area contributed by atoms with Gasteiger partial charge >= 0.3 is 0 Å². The molecule has 3 heterocycles. The molecule has 0 unspecified atom stereocenters. The van der Waals surface area contributed by atoms with Crippen LogP contribution in [0.2, 0.25) is 0 Å². The summed E-state index contributed by atoms with van der Waals surface area (Å²) in [6.45, 7) is 6.68. The van der Waals surface area contributed by atoms with E-state index in [4.69, 9.17) is 0 Å². The lowest BCUT2D eigenvalue weighted by Crippen LogP contribution is -2.44. The Kier molecular flexibility index (Phi) is 5.08. The normalized spacial score (nSPS) is 16.2. The number of nitrogens with one attached hydrogen (secondary N) is 1. The number of nitrogens with zero attached hydrogens (tertiary/aromatic N) is 6. The molecule has 0 radical (unpaired) electrons. The molecule has 1 saturated heterocycles. The van der Waals surface area contributed by atoms with Crippen molar-refractivity contribution in [1.82, 2.24) is 29.4 Å². The lowest BCUT2D eigenvalue weighted by Gasteiger charge is -2.32. The van der Waals surface area contributed by atoms with Gasteiger partial charge in [0, 0.05) is 44.4 Å². The molecule has 1 aliphatic heterocycles. The van der Waals surface area contributed by atoms with Crippen molar-refractivity contribution in [3.63, 3.8) is 0 Å². The predicted molar refractivity (Wildman–Crippen MR) is 103 cm³/mol. The van der Waals surface area contributed by atoms with Crippen LogP contribution in [0.3, 0.4) is 0 Å². The number of rotatable bonds is 6. The van der Waals surface area contributed by atoms with Crippen molar-refractivity contribution in [1.29, 1.82) is 0 Å². The zero-order chi connectivity index (χ0) is 17.8. The first-order chi connectivity index (χ1) is 12.8. The highest BCUT2D eigenvalue weighted by Gasteiger charge is 2.13. The number of hydrogen-bond acceptors (Lipinski definition) is 6. The molecule has 0 bridgehead atoms. The van der Waals surface area contributed by atoms with Gasteiger partial charge in [-0.15, -0.1) is 0 Å². The summed E-state index contributed by atoms with van der Waals surface area (Å²) in [7, 11) is 2.19. The Bertz CT molecular complexity index is 837. The van der Waals surface area contributed by atoms with Crippen LogP contribution in [0.4, 0.5) is 5.82 Å². The monoisotopic (exact) mass is 351 g/mol. The van der Waals surface area contributed by atoms with E-state index in [1.165, 1.54) is 0 Å². The van der Waals surface area contributed by atoms with Crippen LogP contribution in [0.15, 0.2) is 42.7 Å². The first-order valence-corrected chi connectivity index (χ1v) is 9.20. The third-order valence-electron chi connectivity index (χ3n) is 4.87. The van der Waals surface area contributed by atoms with Crippen molar-refractivity contribution in [2.24, 2.45) is 0 Å². The minimum atomic E-state index is 0.618. The van der Waals surface area contributed by atoms with Gasteiger partial charge in [0.2, 0.25) is 0 Å². The average molecular weight is 351 g/mol. The van der Waals surface area contributed by atoms with E-state index in [0.29, 0.717) is 5.78 Å². The molecule has 7 nitrogen and oxygen atoms in total. The number of benzene rings is 1. The molecule has 136 valence electrons. The lowest BCUT2D eigenvalue weighted by molar-refractivity contribution is 0.154. The number of piperazine rings is 1. The van der Waals surface area contributed by atoms with Gasteiger partial charge in [-0.1, -0.05) is 30.3 Å². The van der Waals surface area contributed by atoms with Gasteiger partial charge < -0.3 is 15.1 Å². The first kappa shape index (κ1) is 16.9. The molecule has 0 aliphatic carbocycles. The molecule has 0 spiro atoms. The van der Waals surface area contributed by atoms with E-state index >= 15 is 0 Å². The zero-order valence-electron chi connectivity index (χ0n) is 15.2. The molecule has 7 heteroatoms. The van der Waals surface area contributed by atoms with E-state index < -0.39 is 0 Å². The third kappa shape index (κ3) is 3.84. The van der Waals surface area contributed by atoms with Crippen molar-refractivity contribution in [3.8, 4) is 11.3 Å². The molecular weight excluding hydrogens is 326 g/mol. The molecule has 0 atom stereocenters.